The molecule has 0 atom stereocenters. The van der Waals surface area contributed by atoms with Gasteiger partial charge in [-0.25, -0.2) is 0 Å². The molecular formula is C25H33N5O2. The maximum Gasteiger partial charge on any atom is 0.248 e. The number of allylic oxidation sites excluding steroid dienone is 1. The zero-order valence-corrected chi connectivity index (χ0v) is 19.4. The van der Waals surface area contributed by atoms with Crippen LogP contribution in [0.2, 0.25) is 0 Å². The van der Waals surface area contributed by atoms with Gasteiger partial charge in [0.25, 0.3) is 0 Å². The largest absolute Gasteiger partial charge is 0.507 e. The summed E-state index contributed by atoms with van der Waals surface area (Å²) >= 11 is 0. The highest BCUT2D eigenvalue weighted by atomic mass is 16.3. The first-order chi connectivity index (χ1) is 14.9. The van der Waals surface area contributed by atoms with Gasteiger partial charge in [0, 0.05) is 42.0 Å². The topological polar surface area (TPSA) is 116 Å². The molecule has 1 aliphatic heterocycles. The van der Waals surface area contributed by atoms with Gasteiger partial charge in [-0.3, -0.25) is 10.2 Å². The van der Waals surface area contributed by atoms with Crippen molar-refractivity contribution < 1.29 is 5.11 Å². The third kappa shape index (κ3) is 5.53. The second-order valence-electron chi connectivity index (χ2n) is 9.87. The summed E-state index contributed by atoms with van der Waals surface area (Å²) in [6.07, 6.45) is 6.53. The van der Waals surface area contributed by atoms with Crippen molar-refractivity contribution in [2.75, 3.05) is 7.05 Å². The quantitative estimate of drug-likeness (QED) is 0.362. The highest BCUT2D eigenvalue weighted by Gasteiger charge is 2.39. The number of hydrogen-bond acceptors (Lipinski definition) is 5. The molecular weight excluding hydrogens is 402 g/mol. The fraction of sp³-hybridized carbons (Fsp3) is 0.400. The highest BCUT2D eigenvalue weighted by Crippen LogP contribution is 2.31. The first-order valence-corrected chi connectivity index (χ1v) is 10.8. The Morgan fingerprint density at radius 1 is 1.06 bits per heavy atom. The van der Waals surface area contributed by atoms with Crippen LogP contribution in [-0.4, -0.2) is 50.7 Å². The van der Waals surface area contributed by atoms with Gasteiger partial charge < -0.3 is 25.7 Å². The van der Waals surface area contributed by atoms with E-state index in [-0.39, 0.29) is 34.1 Å². The minimum Gasteiger partial charge on any atom is -0.507 e. The molecule has 1 fully saturated rings. The molecule has 0 radical (unpaired) electrons. The van der Waals surface area contributed by atoms with E-state index in [1.807, 2.05) is 11.9 Å². The number of phenols is 1. The monoisotopic (exact) mass is 435 g/mol. The molecule has 3 rings (SSSR count). The van der Waals surface area contributed by atoms with Crippen LogP contribution >= 0.6 is 0 Å². The molecule has 0 saturated carbocycles. The number of aromatic nitrogens is 1. The maximum atomic E-state index is 11.6. The predicted octanol–water partition coefficient (Wildman–Crippen LogP) is 3.89. The molecule has 1 aromatic heterocycles. The van der Waals surface area contributed by atoms with Gasteiger partial charge in [0.1, 0.15) is 11.6 Å². The number of aromatic amines is 1. The summed E-state index contributed by atoms with van der Waals surface area (Å²) in [6, 6.07) is 8.36. The molecule has 1 aromatic carbocycles. The Kier molecular flexibility index (Phi) is 6.41. The normalized spacial score (nSPS) is 17.9. The molecule has 2 aromatic rings. The summed E-state index contributed by atoms with van der Waals surface area (Å²) in [4.78, 5) is 16.1. The predicted molar refractivity (Wildman–Crippen MR) is 130 cm³/mol. The van der Waals surface area contributed by atoms with Crippen molar-refractivity contribution in [3.8, 4) is 16.9 Å². The lowest BCUT2D eigenvalue weighted by Gasteiger charge is -2.49. The number of nitrogens with one attached hydrogen (secondary N) is 4. The van der Waals surface area contributed by atoms with Gasteiger partial charge in [0.05, 0.1) is 5.71 Å². The number of hydrogen-bond donors (Lipinski definition) is 5. The number of rotatable bonds is 5. The Hall–Kier alpha value is -3.19. The van der Waals surface area contributed by atoms with Crippen LogP contribution in [0, 0.1) is 10.8 Å². The number of pyridine rings is 1. The summed E-state index contributed by atoms with van der Waals surface area (Å²) in [5, 5.41) is 30.9. The molecule has 0 unspecified atom stereocenters. The summed E-state index contributed by atoms with van der Waals surface area (Å²) in [6.45, 7) is 8.72. The third-order valence-electron chi connectivity index (χ3n) is 5.90. The summed E-state index contributed by atoms with van der Waals surface area (Å²) in [5.74, 6) is 0.300. The van der Waals surface area contributed by atoms with E-state index in [0.29, 0.717) is 17.0 Å². The highest BCUT2D eigenvalue weighted by molar-refractivity contribution is 6.11. The Morgan fingerprint density at radius 3 is 2.31 bits per heavy atom. The number of phenolic OH excluding ortho intramolecular Hbond substituents is 1. The Morgan fingerprint density at radius 2 is 1.69 bits per heavy atom. The van der Waals surface area contributed by atoms with E-state index >= 15 is 0 Å². The number of nitrogens with zero attached hydrogens (tertiary/aromatic N) is 1. The van der Waals surface area contributed by atoms with Crippen molar-refractivity contribution in [1.82, 2.24) is 15.2 Å². The lowest BCUT2D eigenvalue weighted by atomic mass is 9.79. The zero-order valence-electron chi connectivity index (χ0n) is 19.4. The van der Waals surface area contributed by atoms with E-state index in [4.69, 9.17) is 10.8 Å². The molecule has 1 saturated heterocycles. The molecule has 0 bridgehead atoms. The Labute approximate surface area is 189 Å². The minimum atomic E-state index is -0.215. The molecule has 7 nitrogen and oxygen atoms in total. The number of piperidine rings is 1. The van der Waals surface area contributed by atoms with Crippen LogP contribution in [-0.2, 0) is 0 Å². The van der Waals surface area contributed by atoms with Crippen LogP contribution in [0.5, 0.6) is 5.75 Å². The van der Waals surface area contributed by atoms with Gasteiger partial charge in [-0.1, -0.05) is 6.07 Å². The van der Waals surface area contributed by atoms with Crippen molar-refractivity contribution in [3.05, 3.63) is 64.6 Å². The maximum absolute atomic E-state index is 11.6. The van der Waals surface area contributed by atoms with Gasteiger partial charge in [-0.2, -0.15) is 0 Å². The minimum absolute atomic E-state index is 0.0185. The lowest BCUT2D eigenvalue weighted by Crippen LogP contribution is -2.62. The van der Waals surface area contributed by atoms with Crippen LogP contribution in [0.4, 0.5) is 0 Å². The number of amidine groups is 1. The van der Waals surface area contributed by atoms with Gasteiger partial charge >= 0.3 is 0 Å². The van der Waals surface area contributed by atoms with Gasteiger partial charge in [-0.15, -0.1) is 0 Å². The van der Waals surface area contributed by atoms with Crippen molar-refractivity contribution in [3.63, 3.8) is 0 Å². The number of benzene rings is 1. The van der Waals surface area contributed by atoms with Crippen molar-refractivity contribution in [2.24, 2.45) is 0 Å². The van der Waals surface area contributed by atoms with E-state index in [1.165, 1.54) is 18.2 Å². The molecule has 0 aliphatic carbocycles. The van der Waals surface area contributed by atoms with E-state index in [0.717, 1.165) is 18.4 Å². The summed E-state index contributed by atoms with van der Waals surface area (Å²) < 4.78 is 0. The SMILES string of the molecule is CN(C(=N)/C=C\C(=N)c1cc(-c2cc[nH]c(=O)c2)ccc1O)C1CC(C)(C)NC(C)(C)C1. The standard InChI is InChI=1S/C25H33N5O2/c1-24(2)14-18(15-25(3,4)29-24)30(5)22(27)9-7-20(26)19-12-16(6-8-21(19)31)17-10-11-28-23(32)13-17/h6-13,18,26-27,29,31H,14-15H2,1-5H3,(H,28,32)/b9-7-,26-20?,27-22?. The molecule has 0 spiro atoms. The van der Waals surface area contributed by atoms with E-state index in [1.54, 1.807) is 30.5 Å². The molecule has 170 valence electrons. The molecule has 5 N–H and O–H groups in total. The smallest absolute Gasteiger partial charge is 0.248 e. The van der Waals surface area contributed by atoms with E-state index in [2.05, 4.69) is 38.0 Å². The van der Waals surface area contributed by atoms with Crippen LogP contribution in [0.25, 0.3) is 11.1 Å². The molecule has 1 aliphatic rings. The molecule has 0 amide bonds. The number of likely N-dealkylation sites (N-methyl/N-ethyl adjacent to an activating group) is 1. The average molecular weight is 436 g/mol. The van der Waals surface area contributed by atoms with Crippen LogP contribution in [0.15, 0.2) is 53.5 Å². The first-order valence-electron chi connectivity index (χ1n) is 10.8. The number of H-pyrrole nitrogens is 1. The lowest BCUT2D eigenvalue weighted by molar-refractivity contribution is 0.114. The van der Waals surface area contributed by atoms with Gasteiger partial charge in [0.15, 0.2) is 0 Å². The fourth-order valence-corrected chi connectivity index (χ4v) is 4.66. The zero-order chi connectivity index (χ0) is 23.7. The fourth-order valence-electron chi connectivity index (χ4n) is 4.66. The molecule has 2 heterocycles. The summed E-state index contributed by atoms with van der Waals surface area (Å²) in [7, 11) is 1.92. The van der Waals surface area contributed by atoms with Crippen LogP contribution in [0.1, 0.15) is 46.1 Å². The van der Waals surface area contributed by atoms with Crippen molar-refractivity contribution in [1.29, 1.82) is 10.8 Å². The number of aromatic hydroxyl groups is 1. The third-order valence-corrected chi connectivity index (χ3v) is 5.90. The Bertz CT molecular complexity index is 1100. The van der Waals surface area contributed by atoms with Gasteiger partial charge in [0.2, 0.25) is 5.56 Å². The second kappa shape index (κ2) is 8.74. The Balaban J connectivity index is 1.76. The van der Waals surface area contributed by atoms with E-state index in [9.17, 15) is 9.90 Å². The summed E-state index contributed by atoms with van der Waals surface area (Å²) in [5.41, 5.74) is 1.61. The average Bonchev–Trinajstić information content (AvgIpc) is 2.69. The van der Waals surface area contributed by atoms with Gasteiger partial charge in [-0.05, 0) is 82.0 Å². The molecule has 7 heteroatoms. The van der Waals surface area contributed by atoms with Crippen molar-refractivity contribution in [2.45, 2.75) is 57.7 Å². The van der Waals surface area contributed by atoms with Crippen LogP contribution in [0.3, 0.4) is 0 Å². The van der Waals surface area contributed by atoms with Crippen LogP contribution < -0.4 is 10.9 Å². The molecule has 32 heavy (non-hydrogen) atoms. The van der Waals surface area contributed by atoms with E-state index < -0.39 is 0 Å². The first kappa shape index (κ1) is 23.5. The van der Waals surface area contributed by atoms with Crippen molar-refractivity contribution >= 4 is 11.5 Å². The second-order valence-corrected chi connectivity index (χ2v) is 9.87.